The highest BCUT2D eigenvalue weighted by Crippen LogP contribution is 2.09. The van der Waals surface area contributed by atoms with Gasteiger partial charge in [0.15, 0.2) is 0 Å². The summed E-state index contributed by atoms with van der Waals surface area (Å²) in [6.45, 7) is 9.19. The van der Waals surface area contributed by atoms with Crippen LogP contribution in [-0.2, 0) is 22.6 Å². The molecule has 1 rings (SSSR count). The van der Waals surface area contributed by atoms with Crippen LogP contribution in [0.15, 0.2) is 24.3 Å². The van der Waals surface area contributed by atoms with E-state index in [-0.39, 0.29) is 12.5 Å². The predicted octanol–water partition coefficient (Wildman–Crippen LogP) is 2.62. The number of amides is 2. The second kappa shape index (κ2) is 9.42. The van der Waals surface area contributed by atoms with Crippen molar-refractivity contribution in [3.63, 3.8) is 0 Å². The first-order valence-electron chi connectivity index (χ1n) is 8.58. The van der Waals surface area contributed by atoms with Crippen LogP contribution < -0.4 is 5.32 Å². The molecule has 6 nitrogen and oxygen atoms in total. The maximum Gasteiger partial charge on any atom is 0.408 e. The van der Waals surface area contributed by atoms with Crippen LogP contribution >= 0.6 is 0 Å². The molecule has 0 aromatic heterocycles. The summed E-state index contributed by atoms with van der Waals surface area (Å²) in [6, 6.07) is 8.23. The number of alkyl carbamates (subject to hydrolysis) is 1. The summed E-state index contributed by atoms with van der Waals surface area (Å²) in [6.07, 6.45) is -0.579. The molecule has 140 valence electrons. The summed E-state index contributed by atoms with van der Waals surface area (Å²) in [7, 11) is 4.06. The van der Waals surface area contributed by atoms with Crippen LogP contribution in [0, 0.1) is 0 Å². The fraction of sp³-hybridized carbons (Fsp3) is 0.579. The van der Waals surface area contributed by atoms with Gasteiger partial charge in [-0.25, -0.2) is 4.79 Å². The number of likely N-dealkylation sites (N-methyl/N-ethyl adjacent to an activating group) is 1. The summed E-state index contributed by atoms with van der Waals surface area (Å²) in [4.78, 5) is 27.8. The third-order valence-corrected chi connectivity index (χ3v) is 3.41. The highest BCUT2D eigenvalue weighted by molar-refractivity contribution is 5.82. The molecule has 0 aliphatic carbocycles. The highest BCUT2D eigenvalue weighted by Gasteiger charge is 2.18. The van der Waals surface area contributed by atoms with Gasteiger partial charge in [0.25, 0.3) is 0 Å². The van der Waals surface area contributed by atoms with E-state index in [9.17, 15) is 9.59 Å². The lowest BCUT2D eigenvalue weighted by Gasteiger charge is -2.23. The lowest BCUT2D eigenvalue weighted by Crippen LogP contribution is -2.41. The fourth-order valence-corrected chi connectivity index (χ4v) is 2.29. The van der Waals surface area contributed by atoms with Crippen molar-refractivity contribution in [1.82, 2.24) is 15.1 Å². The zero-order valence-corrected chi connectivity index (χ0v) is 16.3. The molecule has 0 fully saturated rings. The molecule has 0 spiro atoms. The Kier molecular flexibility index (Phi) is 7.90. The average Bonchev–Trinajstić information content (AvgIpc) is 2.49. The van der Waals surface area contributed by atoms with Crippen molar-refractivity contribution < 1.29 is 14.3 Å². The predicted molar refractivity (Wildman–Crippen MR) is 99.2 cm³/mol. The van der Waals surface area contributed by atoms with Gasteiger partial charge in [-0.05, 0) is 52.9 Å². The van der Waals surface area contributed by atoms with Crippen LogP contribution in [0.25, 0.3) is 0 Å². The molecule has 0 aliphatic heterocycles. The van der Waals surface area contributed by atoms with Gasteiger partial charge in [0.05, 0.1) is 0 Å². The van der Waals surface area contributed by atoms with Crippen LogP contribution in [0.2, 0.25) is 0 Å². The fourth-order valence-electron chi connectivity index (χ4n) is 2.29. The van der Waals surface area contributed by atoms with Crippen molar-refractivity contribution >= 4 is 12.0 Å². The maximum absolute atomic E-state index is 12.3. The second-order valence-electron chi connectivity index (χ2n) is 7.32. The first kappa shape index (κ1) is 21.0. The van der Waals surface area contributed by atoms with Gasteiger partial charge in [0.1, 0.15) is 12.1 Å². The van der Waals surface area contributed by atoms with Gasteiger partial charge in [-0.2, -0.15) is 0 Å². The molecule has 0 aliphatic rings. The lowest BCUT2D eigenvalue weighted by atomic mass is 10.1. The van der Waals surface area contributed by atoms with Crippen molar-refractivity contribution in [1.29, 1.82) is 0 Å². The molecule has 0 atom stereocenters. The van der Waals surface area contributed by atoms with Gasteiger partial charge in [0, 0.05) is 19.6 Å². The molecular weight excluding hydrogens is 318 g/mol. The Labute approximate surface area is 151 Å². The third-order valence-electron chi connectivity index (χ3n) is 3.41. The first-order valence-corrected chi connectivity index (χ1v) is 8.58. The normalized spacial score (nSPS) is 11.3. The summed E-state index contributed by atoms with van der Waals surface area (Å²) >= 11 is 0. The summed E-state index contributed by atoms with van der Waals surface area (Å²) < 4.78 is 5.14. The minimum absolute atomic E-state index is 0.0680. The van der Waals surface area contributed by atoms with Crippen molar-refractivity contribution in [3.05, 3.63) is 35.4 Å². The van der Waals surface area contributed by atoms with E-state index in [4.69, 9.17) is 4.74 Å². The molecular formula is C19H31N3O3. The van der Waals surface area contributed by atoms with Gasteiger partial charge < -0.3 is 19.9 Å². The first-order chi connectivity index (χ1) is 11.6. The molecule has 1 N–H and O–H groups in total. The monoisotopic (exact) mass is 349 g/mol. The molecule has 0 unspecified atom stereocenters. The molecule has 25 heavy (non-hydrogen) atoms. The van der Waals surface area contributed by atoms with Gasteiger partial charge in [-0.3, -0.25) is 4.79 Å². The van der Waals surface area contributed by atoms with Crippen molar-refractivity contribution in [2.45, 2.75) is 46.4 Å². The van der Waals surface area contributed by atoms with E-state index < -0.39 is 11.7 Å². The van der Waals surface area contributed by atoms with Crippen LogP contribution in [0.4, 0.5) is 4.79 Å². The summed E-state index contributed by atoms with van der Waals surface area (Å²) in [5.41, 5.74) is 1.72. The molecule has 2 amide bonds. The Balaban J connectivity index is 2.54. The van der Waals surface area contributed by atoms with Crippen molar-refractivity contribution in [3.8, 4) is 0 Å². The minimum atomic E-state index is -0.579. The second-order valence-corrected chi connectivity index (χ2v) is 7.32. The van der Waals surface area contributed by atoms with E-state index >= 15 is 0 Å². The molecule has 6 heteroatoms. The zero-order valence-electron chi connectivity index (χ0n) is 16.3. The summed E-state index contributed by atoms with van der Waals surface area (Å²) in [5.74, 6) is -0.134. The largest absolute Gasteiger partial charge is 0.444 e. The summed E-state index contributed by atoms with van der Waals surface area (Å²) in [5, 5.41) is 2.51. The number of carbonyl (C=O) groups excluding carboxylic acids is 2. The smallest absolute Gasteiger partial charge is 0.408 e. The number of benzene rings is 1. The number of rotatable bonds is 7. The molecule has 0 bridgehead atoms. The third kappa shape index (κ3) is 8.54. The van der Waals surface area contributed by atoms with E-state index in [1.807, 2.05) is 33.2 Å². The topological polar surface area (TPSA) is 61.9 Å². The van der Waals surface area contributed by atoms with Gasteiger partial charge in [-0.15, -0.1) is 0 Å². The number of hydrogen-bond acceptors (Lipinski definition) is 4. The maximum atomic E-state index is 12.3. The molecule has 0 heterocycles. The number of carbonyl (C=O) groups is 2. The number of ether oxygens (including phenoxy) is 1. The molecule has 0 saturated carbocycles. The minimum Gasteiger partial charge on any atom is -0.444 e. The van der Waals surface area contributed by atoms with Gasteiger partial charge in [0.2, 0.25) is 5.91 Å². The Hall–Kier alpha value is -2.08. The van der Waals surface area contributed by atoms with Crippen molar-refractivity contribution in [2.24, 2.45) is 0 Å². The van der Waals surface area contributed by atoms with Crippen LogP contribution in [0.5, 0.6) is 0 Å². The van der Waals surface area contributed by atoms with Crippen molar-refractivity contribution in [2.75, 3.05) is 27.2 Å². The Morgan fingerprint density at radius 2 is 1.56 bits per heavy atom. The average molecular weight is 349 g/mol. The quantitative estimate of drug-likeness (QED) is 0.822. The molecule has 1 aromatic carbocycles. The number of nitrogens with zero attached hydrogens (tertiary/aromatic N) is 2. The van der Waals surface area contributed by atoms with Crippen LogP contribution in [0.1, 0.15) is 38.8 Å². The van der Waals surface area contributed by atoms with E-state index in [2.05, 4.69) is 22.3 Å². The molecule has 0 saturated heterocycles. The molecule has 0 radical (unpaired) electrons. The zero-order chi connectivity index (χ0) is 19.0. The Bertz CT molecular complexity index is 562. The standard InChI is InChI=1S/C19H31N3O3/c1-7-22(17(23)12-20-18(24)25-19(2,3)4)14-16-10-8-15(9-11-16)13-21(5)6/h8-11H,7,12-14H2,1-6H3,(H,20,24). The van der Waals surface area contributed by atoms with E-state index in [0.29, 0.717) is 13.1 Å². The Morgan fingerprint density at radius 3 is 2.00 bits per heavy atom. The number of nitrogens with one attached hydrogen (secondary N) is 1. The Morgan fingerprint density at radius 1 is 1.04 bits per heavy atom. The van der Waals surface area contributed by atoms with Crippen LogP contribution in [-0.4, -0.2) is 54.6 Å². The van der Waals surface area contributed by atoms with E-state index in [0.717, 1.165) is 12.1 Å². The van der Waals surface area contributed by atoms with E-state index in [1.54, 1.807) is 25.7 Å². The van der Waals surface area contributed by atoms with E-state index in [1.165, 1.54) is 5.56 Å². The molecule has 1 aromatic rings. The lowest BCUT2D eigenvalue weighted by molar-refractivity contribution is -0.130. The number of hydrogen-bond donors (Lipinski definition) is 1. The van der Waals surface area contributed by atoms with Gasteiger partial charge >= 0.3 is 6.09 Å². The SMILES string of the molecule is CCN(Cc1ccc(CN(C)C)cc1)C(=O)CNC(=O)OC(C)(C)C. The van der Waals surface area contributed by atoms with Crippen LogP contribution in [0.3, 0.4) is 0 Å². The van der Waals surface area contributed by atoms with Gasteiger partial charge in [-0.1, -0.05) is 24.3 Å². The highest BCUT2D eigenvalue weighted by atomic mass is 16.6.